The zero-order chi connectivity index (χ0) is 9.68. The minimum atomic E-state index is 0.216. The van der Waals surface area contributed by atoms with Crippen LogP contribution in [0.15, 0.2) is 17.0 Å². The molecule has 1 aromatic heterocycles. The van der Waals surface area contributed by atoms with E-state index < -0.39 is 0 Å². The van der Waals surface area contributed by atoms with Crippen molar-refractivity contribution in [2.45, 2.75) is 19.4 Å². The van der Waals surface area contributed by atoms with E-state index in [4.69, 9.17) is 5.73 Å². The average Bonchev–Trinajstić information content (AvgIpc) is 2.08. The number of nitrogens with one attached hydrogen (secondary N) is 1. The summed E-state index contributed by atoms with van der Waals surface area (Å²) in [5.74, 6) is 0.815. The fraction of sp³-hybridized carbons (Fsp3) is 0.500. The number of aromatic nitrogens is 2. The largest absolute Gasteiger partial charge is 0.369 e. The van der Waals surface area contributed by atoms with Gasteiger partial charge >= 0.3 is 0 Å². The second-order valence-corrected chi connectivity index (χ2v) is 3.77. The molecular formula is C8H13BrN4. The van der Waals surface area contributed by atoms with Crippen LogP contribution in [0.4, 0.5) is 5.82 Å². The summed E-state index contributed by atoms with van der Waals surface area (Å²) in [6, 6.07) is 0.216. The van der Waals surface area contributed by atoms with E-state index >= 15 is 0 Å². The van der Waals surface area contributed by atoms with Gasteiger partial charge in [-0.15, -0.1) is 0 Å². The van der Waals surface area contributed by atoms with Crippen LogP contribution in [0.3, 0.4) is 0 Å². The SMILES string of the molecule is CC(N)CCNc1ncncc1Br. The Morgan fingerprint density at radius 1 is 1.69 bits per heavy atom. The molecule has 0 aliphatic carbocycles. The Labute approximate surface area is 86.1 Å². The fourth-order valence-corrected chi connectivity index (χ4v) is 1.22. The molecule has 0 radical (unpaired) electrons. The lowest BCUT2D eigenvalue weighted by Gasteiger charge is -2.08. The predicted octanol–water partition coefficient (Wildman–Crippen LogP) is 1.39. The van der Waals surface area contributed by atoms with Crippen LogP contribution in [0.5, 0.6) is 0 Å². The van der Waals surface area contributed by atoms with Gasteiger partial charge in [0.05, 0.1) is 4.47 Å². The van der Waals surface area contributed by atoms with Crippen LogP contribution >= 0.6 is 15.9 Å². The van der Waals surface area contributed by atoms with Gasteiger partial charge in [-0.3, -0.25) is 0 Å². The molecule has 1 heterocycles. The van der Waals surface area contributed by atoms with E-state index in [9.17, 15) is 0 Å². The van der Waals surface area contributed by atoms with Crippen LogP contribution in [0.1, 0.15) is 13.3 Å². The first-order valence-corrected chi connectivity index (χ1v) is 4.94. The highest BCUT2D eigenvalue weighted by molar-refractivity contribution is 9.10. The lowest BCUT2D eigenvalue weighted by Crippen LogP contribution is -2.19. The average molecular weight is 245 g/mol. The van der Waals surface area contributed by atoms with E-state index in [2.05, 4.69) is 31.2 Å². The van der Waals surface area contributed by atoms with E-state index in [1.165, 1.54) is 6.33 Å². The van der Waals surface area contributed by atoms with Crippen LogP contribution in [0.2, 0.25) is 0 Å². The molecule has 0 saturated carbocycles. The van der Waals surface area contributed by atoms with Crippen LogP contribution in [0, 0.1) is 0 Å². The molecule has 0 amide bonds. The maximum absolute atomic E-state index is 5.61. The number of anilines is 1. The van der Waals surface area contributed by atoms with Gasteiger partial charge in [-0.2, -0.15) is 0 Å². The molecule has 0 saturated heterocycles. The van der Waals surface area contributed by atoms with E-state index in [1.807, 2.05) is 6.92 Å². The Bertz CT molecular complexity index is 264. The molecule has 5 heteroatoms. The van der Waals surface area contributed by atoms with E-state index in [0.717, 1.165) is 23.3 Å². The van der Waals surface area contributed by atoms with Crippen LogP contribution in [0.25, 0.3) is 0 Å². The van der Waals surface area contributed by atoms with Crippen molar-refractivity contribution in [1.29, 1.82) is 0 Å². The Balaban J connectivity index is 2.41. The molecule has 0 fully saturated rings. The van der Waals surface area contributed by atoms with Gasteiger partial charge in [0.25, 0.3) is 0 Å². The maximum atomic E-state index is 5.61. The van der Waals surface area contributed by atoms with Gasteiger partial charge < -0.3 is 11.1 Å². The van der Waals surface area contributed by atoms with Gasteiger partial charge in [0.1, 0.15) is 12.1 Å². The smallest absolute Gasteiger partial charge is 0.143 e. The van der Waals surface area contributed by atoms with Crippen molar-refractivity contribution in [3.63, 3.8) is 0 Å². The molecule has 1 atom stereocenters. The standard InChI is InChI=1S/C8H13BrN4/c1-6(10)2-3-12-8-7(9)4-11-5-13-8/h4-6H,2-3,10H2,1H3,(H,11,12,13). The third-order valence-electron chi connectivity index (χ3n) is 1.56. The number of nitrogens with zero attached hydrogens (tertiary/aromatic N) is 2. The van der Waals surface area contributed by atoms with Crippen molar-refractivity contribution in [3.05, 3.63) is 17.0 Å². The third-order valence-corrected chi connectivity index (χ3v) is 2.14. The van der Waals surface area contributed by atoms with Gasteiger partial charge in [0, 0.05) is 18.8 Å². The molecular weight excluding hydrogens is 232 g/mol. The van der Waals surface area contributed by atoms with Crippen molar-refractivity contribution >= 4 is 21.7 Å². The van der Waals surface area contributed by atoms with Crippen molar-refractivity contribution in [2.75, 3.05) is 11.9 Å². The summed E-state index contributed by atoms with van der Waals surface area (Å²) in [6.07, 6.45) is 4.15. The monoisotopic (exact) mass is 244 g/mol. The first-order chi connectivity index (χ1) is 6.20. The molecule has 13 heavy (non-hydrogen) atoms. The van der Waals surface area contributed by atoms with Crippen LogP contribution in [-0.4, -0.2) is 22.6 Å². The normalized spacial score (nSPS) is 12.5. The number of nitrogens with two attached hydrogens (primary N) is 1. The molecule has 1 aromatic rings. The quantitative estimate of drug-likeness (QED) is 0.841. The zero-order valence-corrected chi connectivity index (χ0v) is 9.08. The molecule has 4 nitrogen and oxygen atoms in total. The number of rotatable bonds is 4. The van der Waals surface area contributed by atoms with Crippen molar-refractivity contribution < 1.29 is 0 Å². The molecule has 0 aliphatic heterocycles. The topological polar surface area (TPSA) is 63.8 Å². The lowest BCUT2D eigenvalue weighted by atomic mass is 10.2. The van der Waals surface area contributed by atoms with E-state index in [-0.39, 0.29) is 6.04 Å². The first-order valence-electron chi connectivity index (χ1n) is 4.15. The highest BCUT2D eigenvalue weighted by atomic mass is 79.9. The Hall–Kier alpha value is -0.680. The van der Waals surface area contributed by atoms with Gasteiger partial charge in [-0.1, -0.05) is 0 Å². The number of halogens is 1. The van der Waals surface area contributed by atoms with E-state index in [0.29, 0.717) is 0 Å². The fourth-order valence-electron chi connectivity index (χ4n) is 0.861. The predicted molar refractivity (Wildman–Crippen MR) is 56.5 cm³/mol. The van der Waals surface area contributed by atoms with Crippen LogP contribution in [-0.2, 0) is 0 Å². The van der Waals surface area contributed by atoms with Crippen molar-refractivity contribution in [1.82, 2.24) is 9.97 Å². The van der Waals surface area contributed by atoms with E-state index in [1.54, 1.807) is 6.20 Å². The minimum absolute atomic E-state index is 0.216. The number of hydrogen-bond donors (Lipinski definition) is 2. The molecule has 1 unspecified atom stereocenters. The minimum Gasteiger partial charge on any atom is -0.369 e. The van der Waals surface area contributed by atoms with Gasteiger partial charge in [0.15, 0.2) is 0 Å². The van der Waals surface area contributed by atoms with Crippen molar-refractivity contribution in [2.24, 2.45) is 5.73 Å². The molecule has 0 spiro atoms. The number of hydrogen-bond acceptors (Lipinski definition) is 4. The Kier molecular flexibility index (Phi) is 4.11. The Morgan fingerprint density at radius 3 is 3.08 bits per heavy atom. The summed E-state index contributed by atoms with van der Waals surface area (Å²) in [4.78, 5) is 7.93. The van der Waals surface area contributed by atoms with Crippen LogP contribution < -0.4 is 11.1 Å². The van der Waals surface area contributed by atoms with Crippen molar-refractivity contribution in [3.8, 4) is 0 Å². The lowest BCUT2D eigenvalue weighted by molar-refractivity contribution is 0.689. The summed E-state index contributed by atoms with van der Waals surface area (Å²) in [5.41, 5.74) is 5.61. The molecule has 0 aromatic carbocycles. The highest BCUT2D eigenvalue weighted by Crippen LogP contribution is 2.16. The maximum Gasteiger partial charge on any atom is 0.143 e. The molecule has 0 aliphatic rings. The zero-order valence-electron chi connectivity index (χ0n) is 7.50. The second-order valence-electron chi connectivity index (χ2n) is 2.91. The third kappa shape index (κ3) is 3.69. The van der Waals surface area contributed by atoms with Gasteiger partial charge in [-0.25, -0.2) is 9.97 Å². The summed E-state index contributed by atoms with van der Waals surface area (Å²) in [5, 5.41) is 3.17. The molecule has 0 bridgehead atoms. The first kappa shape index (κ1) is 10.4. The van der Waals surface area contributed by atoms with Gasteiger partial charge in [-0.05, 0) is 29.3 Å². The summed E-state index contributed by atoms with van der Waals surface area (Å²) in [7, 11) is 0. The summed E-state index contributed by atoms with van der Waals surface area (Å²) in [6.45, 7) is 2.81. The second kappa shape index (κ2) is 5.14. The Morgan fingerprint density at radius 2 is 2.46 bits per heavy atom. The summed E-state index contributed by atoms with van der Waals surface area (Å²) >= 11 is 3.34. The molecule has 3 N–H and O–H groups in total. The summed E-state index contributed by atoms with van der Waals surface area (Å²) < 4.78 is 0.875. The van der Waals surface area contributed by atoms with Gasteiger partial charge in [0.2, 0.25) is 0 Å². The molecule has 1 rings (SSSR count). The highest BCUT2D eigenvalue weighted by Gasteiger charge is 1.99. The molecule has 72 valence electrons.